The Morgan fingerprint density at radius 3 is 2.71 bits per heavy atom. The molecule has 2 aromatic heterocycles. The van der Waals surface area contributed by atoms with Crippen LogP contribution in [-0.2, 0) is 14.2 Å². The third kappa shape index (κ3) is 2.73. The van der Waals surface area contributed by atoms with Gasteiger partial charge < -0.3 is 19.9 Å². The molecule has 0 radical (unpaired) electrons. The van der Waals surface area contributed by atoms with Gasteiger partial charge in [-0.2, -0.15) is 0 Å². The molecule has 2 N–H and O–H groups in total. The van der Waals surface area contributed by atoms with Crippen molar-refractivity contribution >= 4 is 11.2 Å². The molecule has 1 unspecified atom stereocenters. The molecule has 0 bridgehead atoms. The summed E-state index contributed by atoms with van der Waals surface area (Å²) in [6, 6.07) is -0.142. The van der Waals surface area contributed by atoms with E-state index in [1.807, 2.05) is 18.4 Å². The summed E-state index contributed by atoms with van der Waals surface area (Å²) in [5, 5.41) is 0. The summed E-state index contributed by atoms with van der Waals surface area (Å²) < 4.78 is 20.0. The molecule has 4 heterocycles. The minimum Gasteiger partial charge on any atom is -0.341 e. The number of rotatable bonds is 3. The number of nitrogens with two attached hydrogens (primary N) is 1. The molecule has 2 aliphatic heterocycles. The SMILES string of the molecule is C#C[C@H]1O[C@@H](n2cnc3c(C(N)C4CCCC4)ncnc32)[C@H]2OC(C)(C)O[C@@H]21. The van der Waals surface area contributed by atoms with E-state index < -0.39 is 18.1 Å². The van der Waals surface area contributed by atoms with Gasteiger partial charge in [0.1, 0.15) is 30.2 Å². The molecule has 8 nitrogen and oxygen atoms in total. The lowest BCUT2D eigenvalue weighted by molar-refractivity contribution is -0.190. The number of hydrogen-bond acceptors (Lipinski definition) is 7. The molecule has 5 atom stereocenters. The molecular formula is C20H25N5O3. The van der Waals surface area contributed by atoms with E-state index in [9.17, 15) is 0 Å². The lowest BCUT2D eigenvalue weighted by Crippen LogP contribution is -2.28. The van der Waals surface area contributed by atoms with Crippen LogP contribution in [-0.4, -0.2) is 43.6 Å². The van der Waals surface area contributed by atoms with Gasteiger partial charge in [-0.25, -0.2) is 15.0 Å². The fourth-order valence-corrected chi connectivity index (χ4v) is 4.77. The number of ether oxygens (including phenoxy) is 3. The highest BCUT2D eigenvalue weighted by atomic mass is 16.8. The van der Waals surface area contributed by atoms with Crippen LogP contribution in [0.25, 0.3) is 11.2 Å². The molecule has 8 heteroatoms. The van der Waals surface area contributed by atoms with Crippen molar-refractivity contribution in [1.29, 1.82) is 0 Å². The fraction of sp³-hybridized carbons (Fsp3) is 0.650. The Hall–Kier alpha value is -2.05. The summed E-state index contributed by atoms with van der Waals surface area (Å²) in [7, 11) is 0. The fourth-order valence-electron chi connectivity index (χ4n) is 4.77. The van der Waals surface area contributed by atoms with Crippen molar-refractivity contribution in [3.05, 3.63) is 18.3 Å². The summed E-state index contributed by atoms with van der Waals surface area (Å²) in [5.41, 5.74) is 8.73. The zero-order valence-electron chi connectivity index (χ0n) is 16.1. The molecular weight excluding hydrogens is 358 g/mol. The Morgan fingerprint density at radius 2 is 1.96 bits per heavy atom. The van der Waals surface area contributed by atoms with Crippen molar-refractivity contribution in [2.24, 2.45) is 11.7 Å². The lowest BCUT2D eigenvalue weighted by atomic mass is 9.95. The van der Waals surface area contributed by atoms with Gasteiger partial charge in [-0.05, 0) is 32.6 Å². The van der Waals surface area contributed by atoms with Gasteiger partial charge >= 0.3 is 0 Å². The van der Waals surface area contributed by atoms with Gasteiger partial charge in [0, 0.05) is 0 Å². The average Bonchev–Trinajstić information content (AvgIpc) is 3.43. The summed E-state index contributed by atoms with van der Waals surface area (Å²) in [5.74, 6) is 2.39. The maximum absolute atomic E-state index is 6.55. The molecule has 1 aliphatic carbocycles. The molecule has 0 amide bonds. The van der Waals surface area contributed by atoms with Crippen LogP contribution in [0.15, 0.2) is 12.7 Å². The van der Waals surface area contributed by atoms with Gasteiger partial charge in [-0.15, -0.1) is 6.42 Å². The van der Waals surface area contributed by atoms with Gasteiger partial charge in [0.15, 0.2) is 17.7 Å². The molecule has 0 aromatic carbocycles. The largest absolute Gasteiger partial charge is 0.341 e. The Morgan fingerprint density at radius 1 is 1.21 bits per heavy atom. The zero-order valence-corrected chi connectivity index (χ0v) is 16.1. The van der Waals surface area contributed by atoms with Gasteiger partial charge in [0.25, 0.3) is 0 Å². The van der Waals surface area contributed by atoms with Crippen LogP contribution in [0.2, 0.25) is 0 Å². The summed E-state index contributed by atoms with van der Waals surface area (Å²) >= 11 is 0. The van der Waals surface area contributed by atoms with E-state index >= 15 is 0 Å². The third-order valence-electron chi connectivity index (χ3n) is 6.08. The average molecular weight is 383 g/mol. The highest BCUT2D eigenvalue weighted by molar-refractivity contribution is 5.73. The predicted molar refractivity (Wildman–Crippen MR) is 101 cm³/mol. The number of hydrogen-bond donors (Lipinski definition) is 1. The van der Waals surface area contributed by atoms with Crippen LogP contribution in [0.3, 0.4) is 0 Å². The molecule has 3 aliphatic rings. The number of imidazole rings is 1. The van der Waals surface area contributed by atoms with E-state index in [4.69, 9.17) is 26.4 Å². The highest BCUT2D eigenvalue weighted by Gasteiger charge is 2.55. The van der Waals surface area contributed by atoms with Gasteiger partial charge in [-0.1, -0.05) is 18.8 Å². The molecule has 1 saturated carbocycles. The third-order valence-corrected chi connectivity index (χ3v) is 6.08. The van der Waals surface area contributed by atoms with E-state index in [1.165, 1.54) is 12.8 Å². The van der Waals surface area contributed by atoms with Crippen LogP contribution in [0.4, 0.5) is 0 Å². The van der Waals surface area contributed by atoms with E-state index in [0.717, 1.165) is 18.5 Å². The first-order chi connectivity index (χ1) is 13.5. The minimum atomic E-state index is -0.714. The van der Waals surface area contributed by atoms with Gasteiger partial charge in [0.05, 0.1) is 18.1 Å². The number of aromatic nitrogens is 4. The Kier molecular flexibility index (Phi) is 4.18. The Balaban J connectivity index is 1.52. The van der Waals surface area contributed by atoms with Crippen LogP contribution in [0.1, 0.15) is 57.5 Å². The highest BCUT2D eigenvalue weighted by Crippen LogP contribution is 2.44. The summed E-state index contributed by atoms with van der Waals surface area (Å²) in [4.78, 5) is 13.5. The Bertz CT molecular complexity index is 930. The quantitative estimate of drug-likeness (QED) is 0.810. The summed E-state index contributed by atoms with van der Waals surface area (Å²) in [6.07, 6.45) is 12.0. The maximum Gasteiger partial charge on any atom is 0.167 e. The summed E-state index contributed by atoms with van der Waals surface area (Å²) in [6.45, 7) is 3.76. The van der Waals surface area contributed by atoms with Crippen molar-refractivity contribution < 1.29 is 14.2 Å². The monoisotopic (exact) mass is 383 g/mol. The molecule has 28 heavy (non-hydrogen) atoms. The molecule has 148 valence electrons. The van der Waals surface area contributed by atoms with E-state index in [0.29, 0.717) is 17.1 Å². The smallest absolute Gasteiger partial charge is 0.167 e. The standard InChI is InChI=1S/C20H25N5O3/c1-4-12-16-17(28-20(2,3)27-16)19(26-12)25-10-24-15-14(22-9-23-18(15)25)13(21)11-7-5-6-8-11/h1,9-13,16-17,19H,5-8,21H2,2-3H3/t12-,13?,16-,17+,19-/m1/s1. The normalized spacial score (nSPS) is 33.2. The van der Waals surface area contributed by atoms with Crippen molar-refractivity contribution in [2.75, 3.05) is 0 Å². The van der Waals surface area contributed by atoms with Crippen molar-refractivity contribution in [1.82, 2.24) is 19.5 Å². The topological polar surface area (TPSA) is 97.3 Å². The molecule has 2 aromatic rings. The van der Waals surface area contributed by atoms with E-state index in [2.05, 4.69) is 20.9 Å². The van der Waals surface area contributed by atoms with Gasteiger partial charge in [-0.3, -0.25) is 4.57 Å². The van der Waals surface area contributed by atoms with Crippen LogP contribution >= 0.6 is 0 Å². The number of fused-ring (bicyclic) bond motifs is 2. The van der Waals surface area contributed by atoms with Crippen molar-refractivity contribution in [3.63, 3.8) is 0 Å². The van der Waals surface area contributed by atoms with Crippen LogP contribution in [0.5, 0.6) is 0 Å². The van der Waals surface area contributed by atoms with Crippen molar-refractivity contribution in [2.45, 2.75) is 75.9 Å². The second-order valence-electron chi connectivity index (χ2n) is 8.33. The molecule has 0 spiro atoms. The molecule has 5 rings (SSSR count). The second-order valence-corrected chi connectivity index (χ2v) is 8.33. The number of nitrogens with zero attached hydrogens (tertiary/aromatic N) is 4. The first-order valence-electron chi connectivity index (χ1n) is 9.89. The minimum absolute atomic E-state index is 0.142. The van der Waals surface area contributed by atoms with E-state index in [1.54, 1.807) is 12.7 Å². The predicted octanol–water partition coefficient (Wildman–Crippen LogP) is 2.07. The van der Waals surface area contributed by atoms with Gasteiger partial charge in [0.2, 0.25) is 0 Å². The molecule has 3 fully saturated rings. The molecule has 2 saturated heterocycles. The van der Waals surface area contributed by atoms with E-state index in [-0.39, 0.29) is 18.2 Å². The lowest BCUT2D eigenvalue weighted by Gasteiger charge is -2.23. The maximum atomic E-state index is 6.55. The first kappa shape index (κ1) is 18.0. The van der Waals surface area contributed by atoms with Crippen LogP contribution in [0, 0.1) is 18.3 Å². The first-order valence-corrected chi connectivity index (χ1v) is 9.89. The zero-order chi connectivity index (χ0) is 19.5. The number of terminal acetylenes is 1. The second kappa shape index (κ2) is 6.49. The van der Waals surface area contributed by atoms with Crippen LogP contribution < -0.4 is 5.73 Å². The Labute approximate surface area is 163 Å². The van der Waals surface area contributed by atoms with Crippen molar-refractivity contribution in [3.8, 4) is 12.3 Å².